The molecule has 0 aliphatic carbocycles. The standard InChI is InChI=1S/C9H20N2OS/c1-4-5-10-6-7-11-9(12)8(2)13-3/h8,10H,4-7H2,1-3H3,(H,11,12). The molecule has 0 spiro atoms. The fraction of sp³-hybridized carbons (Fsp3) is 0.889. The van der Waals surface area contributed by atoms with Gasteiger partial charge in [-0.25, -0.2) is 0 Å². The predicted molar refractivity (Wildman–Crippen MR) is 59.1 cm³/mol. The average Bonchev–Trinajstić information content (AvgIpc) is 2.16. The first-order valence-corrected chi connectivity index (χ1v) is 6.02. The van der Waals surface area contributed by atoms with Crippen LogP contribution in [0.2, 0.25) is 0 Å². The molecular weight excluding hydrogens is 184 g/mol. The van der Waals surface area contributed by atoms with E-state index in [0.29, 0.717) is 0 Å². The quantitative estimate of drug-likeness (QED) is 0.604. The Hall–Kier alpha value is -0.220. The second-order valence-electron chi connectivity index (χ2n) is 2.92. The third kappa shape index (κ3) is 6.90. The first-order valence-electron chi connectivity index (χ1n) is 4.73. The van der Waals surface area contributed by atoms with Gasteiger partial charge in [-0.1, -0.05) is 6.92 Å². The van der Waals surface area contributed by atoms with Gasteiger partial charge < -0.3 is 10.6 Å². The number of carbonyl (C=O) groups excluding carboxylic acids is 1. The molecule has 0 aromatic carbocycles. The summed E-state index contributed by atoms with van der Waals surface area (Å²) >= 11 is 1.57. The lowest BCUT2D eigenvalue weighted by molar-refractivity contribution is -0.120. The summed E-state index contributed by atoms with van der Waals surface area (Å²) < 4.78 is 0. The minimum Gasteiger partial charge on any atom is -0.354 e. The molecule has 0 saturated heterocycles. The normalized spacial score (nSPS) is 12.5. The van der Waals surface area contributed by atoms with Crippen molar-refractivity contribution in [2.24, 2.45) is 0 Å². The van der Waals surface area contributed by atoms with Crippen LogP contribution in [-0.4, -0.2) is 37.0 Å². The summed E-state index contributed by atoms with van der Waals surface area (Å²) in [7, 11) is 0. The molecule has 0 heterocycles. The fourth-order valence-corrected chi connectivity index (χ4v) is 1.12. The number of thioether (sulfide) groups is 1. The lowest BCUT2D eigenvalue weighted by Crippen LogP contribution is -2.36. The first-order chi connectivity index (χ1) is 6.22. The summed E-state index contributed by atoms with van der Waals surface area (Å²) in [6, 6.07) is 0. The summed E-state index contributed by atoms with van der Waals surface area (Å²) in [6.07, 6.45) is 3.08. The van der Waals surface area contributed by atoms with Crippen molar-refractivity contribution in [1.29, 1.82) is 0 Å². The largest absolute Gasteiger partial charge is 0.354 e. The highest BCUT2D eigenvalue weighted by Gasteiger charge is 2.08. The minimum atomic E-state index is 0.0613. The SMILES string of the molecule is CCCNCCNC(=O)C(C)SC. The molecular formula is C9H20N2OS. The molecule has 1 unspecified atom stereocenters. The van der Waals surface area contributed by atoms with Crippen LogP contribution in [0.4, 0.5) is 0 Å². The monoisotopic (exact) mass is 204 g/mol. The molecule has 2 N–H and O–H groups in total. The number of hydrogen-bond acceptors (Lipinski definition) is 3. The maximum absolute atomic E-state index is 11.2. The third-order valence-corrected chi connectivity index (χ3v) is 2.67. The number of hydrogen-bond donors (Lipinski definition) is 2. The van der Waals surface area contributed by atoms with E-state index in [2.05, 4.69) is 17.6 Å². The molecule has 0 aliphatic heterocycles. The van der Waals surface area contributed by atoms with Gasteiger partial charge in [-0.2, -0.15) is 11.8 Å². The van der Waals surface area contributed by atoms with Crippen LogP contribution in [0.15, 0.2) is 0 Å². The van der Waals surface area contributed by atoms with Crippen molar-refractivity contribution in [2.75, 3.05) is 25.9 Å². The number of carbonyl (C=O) groups is 1. The maximum atomic E-state index is 11.2. The molecule has 78 valence electrons. The smallest absolute Gasteiger partial charge is 0.232 e. The van der Waals surface area contributed by atoms with E-state index in [1.807, 2.05) is 13.2 Å². The zero-order valence-corrected chi connectivity index (χ0v) is 9.54. The minimum absolute atomic E-state index is 0.0613. The van der Waals surface area contributed by atoms with Crippen molar-refractivity contribution >= 4 is 17.7 Å². The van der Waals surface area contributed by atoms with Crippen LogP contribution < -0.4 is 10.6 Å². The van der Waals surface area contributed by atoms with Crippen molar-refractivity contribution in [3.63, 3.8) is 0 Å². The van der Waals surface area contributed by atoms with Gasteiger partial charge in [-0.3, -0.25) is 4.79 Å². The summed E-state index contributed by atoms with van der Waals surface area (Å²) in [6.45, 7) is 6.65. The van der Waals surface area contributed by atoms with E-state index in [-0.39, 0.29) is 11.2 Å². The van der Waals surface area contributed by atoms with Crippen LogP contribution in [-0.2, 0) is 4.79 Å². The van der Waals surface area contributed by atoms with E-state index in [1.165, 1.54) is 0 Å². The van der Waals surface area contributed by atoms with Crippen molar-refractivity contribution in [3.05, 3.63) is 0 Å². The molecule has 0 aromatic heterocycles. The first kappa shape index (κ1) is 12.8. The second-order valence-corrected chi connectivity index (χ2v) is 4.10. The van der Waals surface area contributed by atoms with E-state index >= 15 is 0 Å². The van der Waals surface area contributed by atoms with E-state index in [4.69, 9.17) is 0 Å². The van der Waals surface area contributed by atoms with Crippen LogP contribution >= 0.6 is 11.8 Å². The van der Waals surface area contributed by atoms with Crippen LogP contribution in [0, 0.1) is 0 Å². The van der Waals surface area contributed by atoms with E-state index in [0.717, 1.165) is 26.1 Å². The van der Waals surface area contributed by atoms with Crippen LogP contribution in [0.25, 0.3) is 0 Å². The average molecular weight is 204 g/mol. The topological polar surface area (TPSA) is 41.1 Å². The van der Waals surface area contributed by atoms with Gasteiger partial charge in [-0.05, 0) is 26.1 Å². The van der Waals surface area contributed by atoms with Gasteiger partial charge in [0, 0.05) is 13.1 Å². The molecule has 0 aliphatic rings. The maximum Gasteiger partial charge on any atom is 0.232 e. The van der Waals surface area contributed by atoms with E-state index in [1.54, 1.807) is 11.8 Å². The Kier molecular flexibility index (Phi) is 8.24. The Morgan fingerprint density at radius 3 is 2.62 bits per heavy atom. The molecule has 13 heavy (non-hydrogen) atoms. The lowest BCUT2D eigenvalue weighted by atomic mass is 10.4. The fourth-order valence-electron chi connectivity index (χ4n) is 0.827. The van der Waals surface area contributed by atoms with Gasteiger partial charge in [0.1, 0.15) is 0 Å². The van der Waals surface area contributed by atoms with Crippen LogP contribution in [0.3, 0.4) is 0 Å². The van der Waals surface area contributed by atoms with Crippen molar-refractivity contribution < 1.29 is 4.79 Å². The van der Waals surface area contributed by atoms with E-state index < -0.39 is 0 Å². The predicted octanol–water partition coefficient (Wildman–Crippen LogP) is 0.854. The van der Waals surface area contributed by atoms with Crippen molar-refractivity contribution in [3.8, 4) is 0 Å². The molecule has 0 saturated carbocycles. The Bertz CT molecular complexity index is 142. The molecule has 0 aromatic rings. The number of amides is 1. The summed E-state index contributed by atoms with van der Waals surface area (Å²) in [4.78, 5) is 11.2. The van der Waals surface area contributed by atoms with Gasteiger partial charge in [0.2, 0.25) is 5.91 Å². The molecule has 0 rings (SSSR count). The molecule has 0 bridgehead atoms. The Morgan fingerprint density at radius 2 is 2.08 bits per heavy atom. The van der Waals surface area contributed by atoms with Gasteiger partial charge in [0.25, 0.3) is 0 Å². The van der Waals surface area contributed by atoms with E-state index in [9.17, 15) is 4.79 Å². The lowest BCUT2D eigenvalue weighted by Gasteiger charge is -2.09. The summed E-state index contributed by atoms with van der Waals surface area (Å²) in [5.41, 5.74) is 0. The number of rotatable bonds is 7. The van der Waals surface area contributed by atoms with Gasteiger partial charge in [0.15, 0.2) is 0 Å². The Balaban J connectivity index is 3.27. The van der Waals surface area contributed by atoms with Crippen LogP contribution in [0.1, 0.15) is 20.3 Å². The van der Waals surface area contributed by atoms with Gasteiger partial charge >= 0.3 is 0 Å². The van der Waals surface area contributed by atoms with Crippen molar-refractivity contribution in [1.82, 2.24) is 10.6 Å². The molecule has 1 amide bonds. The van der Waals surface area contributed by atoms with Crippen LogP contribution in [0.5, 0.6) is 0 Å². The zero-order chi connectivity index (χ0) is 10.1. The van der Waals surface area contributed by atoms with Gasteiger partial charge in [-0.15, -0.1) is 0 Å². The molecule has 0 radical (unpaired) electrons. The highest BCUT2D eigenvalue weighted by molar-refractivity contribution is 7.99. The molecule has 0 fully saturated rings. The summed E-state index contributed by atoms with van der Waals surface area (Å²) in [5, 5.41) is 6.16. The highest BCUT2D eigenvalue weighted by atomic mass is 32.2. The number of nitrogens with one attached hydrogen (secondary N) is 2. The molecule has 3 nitrogen and oxygen atoms in total. The Morgan fingerprint density at radius 1 is 1.38 bits per heavy atom. The van der Waals surface area contributed by atoms with Gasteiger partial charge in [0.05, 0.1) is 5.25 Å². The van der Waals surface area contributed by atoms with Crippen molar-refractivity contribution in [2.45, 2.75) is 25.5 Å². The Labute approximate surface area is 85.0 Å². The zero-order valence-electron chi connectivity index (χ0n) is 8.72. The third-order valence-electron chi connectivity index (χ3n) is 1.75. The second kappa shape index (κ2) is 8.38. The summed E-state index contributed by atoms with van der Waals surface area (Å²) in [5.74, 6) is 0.130. The molecule has 1 atom stereocenters. The molecule has 4 heteroatoms. The highest BCUT2D eigenvalue weighted by Crippen LogP contribution is 2.03.